The van der Waals surface area contributed by atoms with Crippen LogP contribution in [0.1, 0.15) is 93.0 Å². The molecular weight excluding hydrogens is 436 g/mol. The van der Waals surface area contributed by atoms with Gasteiger partial charge in [-0.1, -0.05) is 58.8 Å². The number of carboxylic acid groups (broad SMARTS) is 1. The van der Waals surface area contributed by atoms with E-state index < -0.39 is 11.9 Å². The molecular formula is C27H34O3S2. The highest BCUT2D eigenvalue weighted by molar-refractivity contribution is 7.99. The summed E-state index contributed by atoms with van der Waals surface area (Å²) in [6, 6.07) is 8.25. The molecule has 2 heterocycles. The van der Waals surface area contributed by atoms with E-state index in [9.17, 15) is 9.90 Å². The van der Waals surface area contributed by atoms with Crippen molar-refractivity contribution in [3.63, 3.8) is 0 Å². The summed E-state index contributed by atoms with van der Waals surface area (Å²) in [6.45, 7) is 9.44. The number of thiophene rings is 1. The maximum absolute atomic E-state index is 11.5. The zero-order chi connectivity index (χ0) is 23.1. The monoisotopic (exact) mass is 470 g/mol. The molecule has 0 spiro atoms. The van der Waals surface area contributed by atoms with Gasteiger partial charge in [-0.15, -0.1) is 23.1 Å². The van der Waals surface area contributed by atoms with E-state index in [1.165, 1.54) is 47.5 Å². The standard InChI is InChI=1S/C27H34O3S2/c1-5-7-8-9-16-31-25-18-23-22(27(3,4)14-15-30-23)17-19(25)10-11-20-12-13-24(32-20)21(6-2)26(28)29/h12-13,17-18,21H,5-9,14-16H2,1-4H3,(H,28,29). The molecule has 0 fully saturated rings. The molecule has 0 bridgehead atoms. The molecule has 3 nitrogen and oxygen atoms in total. The fourth-order valence-electron chi connectivity index (χ4n) is 3.92. The maximum atomic E-state index is 11.5. The zero-order valence-corrected chi connectivity index (χ0v) is 21.3. The van der Waals surface area contributed by atoms with Gasteiger partial charge in [-0.25, -0.2) is 0 Å². The molecule has 1 aliphatic heterocycles. The van der Waals surface area contributed by atoms with Gasteiger partial charge in [0.1, 0.15) is 5.75 Å². The number of unbranched alkanes of at least 4 members (excludes halogenated alkanes) is 3. The van der Waals surface area contributed by atoms with Gasteiger partial charge in [0.2, 0.25) is 0 Å². The summed E-state index contributed by atoms with van der Waals surface area (Å²) in [6.07, 6.45) is 6.58. The largest absolute Gasteiger partial charge is 0.493 e. The van der Waals surface area contributed by atoms with Crippen LogP contribution in [0.25, 0.3) is 0 Å². The SMILES string of the molecule is CCCCCCSc1cc2c(cc1C#Cc1ccc(C(CC)C(=O)O)s1)C(C)(C)CCO2. The first-order valence-electron chi connectivity index (χ1n) is 11.6. The first kappa shape index (κ1) is 24.7. The summed E-state index contributed by atoms with van der Waals surface area (Å²) >= 11 is 3.35. The molecule has 2 aromatic rings. The van der Waals surface area contributed by atoms with E-state index in [0.717, 1.165) is 39.8 Å². The van der Waals surface area contributed by atoms with Crippen LogP contribution in [-0.4, -0.2) is 23.4 Å². The average molecular weight is 471 g/mol. The van der Waals surface area contributed by atoms with Crippen LogP contribution in [0.5, 0.6) is 5.75 Å². The lowest BCUT2D eigenvalue weighted by Crippen LogP contribution is -2.26. The number of fused-ring (bicyclic) bond motifs is 1. The average Bonchev–Trinajstić information content (AvgIpc) is 3.20. The van der Waals surface area contributed by atoms with Crippen LogP contribution >= 0.6 is 23.1 Å². The Kier molecular flexibility index (Phi) is 8.73. The zero-order valence-electron chi connectivity index (χ0n) is 19.6. The Morgan fingerprint density at radius 1 is 1.22 bits per heavy atom. The van der Waals surface area contributed by atoms with Crippen molar-refractivity contribution >= 4 is 29.1 Å². The van der Waals surface area contributed by atoms with Crippen LogP contribution in [0.4, 0.5) is 0 Å². The van der Waals surface area contributed by atoms with Crippen LogP contribution in [0.15, 0.2) is 29.2 Å². The van der Waals surface area contributed by atoms with Gasteiger partial charge in [-0.2, -0.15) is 0 Å². The van der Waals surface area contributed by atoms with Crippen LogP contribution < -0.4 is 4.74 Å². The molecule has 32 heavy (non-hydrogen) atoms. The minimum Gasteiger partial charge on any atom is -0.493 e. The van der Waals surface area contributed by atoms with E-state index >= 15 is 0 Å². The van der Waals surface area contributed by atoms with Crippen molar-refractivity contribution in [3.05, 3.63) is 45.1 Å². The molecule has 1 N–H and O–H groups in total. The van der Waals surface area contributed by atoms with Gasteiger partial charge < -0.3 is 9.84 Å². The normalized spacial score (nSPS) is 15.2. The quantitative estimate of drug-likeness (QED) is 0.235. The summed E-state index contributed by atoms with van der Waals surface area (Å²) in [5.41, 5.74) is 2.34. The number of thioether (sulfide) groups is 1. The highest BCUT2D eigenvalue weighted by Crippen LogP contribution is 2.42. The van der Waals surface area contributed by atoms with Crippen LogP contribution in [0.3, 0.4) is 0 Å². The van der Waals surface area contributed by atoms with Crippen molar-refractivity contribution < 1.29 is 14.6 Å². The molecule has 1 aromatic carbocycles. The highest BCUT2D eigenvalue weighted by atomic mass is 32.2. The van der Waals surface area contributed by atoms with Crippen molar-refractivity contribution in [2.75, 3.05) is 12.4 Å². The molecule has 3 rings (SSSR count). The van der Waals surface area contributed by atoms with Gasteiger partial charge in [-0.3, -0.25) is 4.79 Å². The Morgan fingerprint density at radius 2 is 2.03 bits per heavy atom. The third-order valence-corrected chi connectivity index (χ3v) is 8.30. The van der Waals surface area contributed by atoms with Gasteiger partial charge >= 0.3 is 5.97 Å². The summed E-state index contributed by atoms with van der Waals surface area (Å²) in [7, 11) is 0. The van der Waals surface area contributed by atoms with E-state index in [1.807, 2.05) is 30.8 Å². The van der Waals surface area contributed by atoms with Gasteiger partial charge in [0, 0.05) is 20.9 Å². The first-order chi connectivity index (χ1) is 15.4. The Bertz CT molecular complexity index is 994. The number of carbonyl (C=O) groups is 1. The lowest BCUT2D eigenvalue weighted by molar-refractivity contribution is -0.138. The number of hydrogen-bond donors (Lipinski definition) is 1. The Balaban J connectivity index is 1.89. The molecule has 0 saturated heterocycles. The molecule has 1 atom stereocenters. The molecule has 1 aromatic heterocycles. The lowest BCUT2D eigenvalue weighted by Gasteiger charge is -2.33. The van der Waals surface area contributed by atoms with E-state index in [2.05, 4.69) is 44.7 Å². The van der Waals surface area contributed by atoms with E-state index in [-0.39, 0.29) is 5.41 Å². The van der Waals surface area contributed by atoms with Gasteiger partial charge in [0.15, 0.2) is 0 Å². The number of aliphatic carboxylic acids is 1. The Hall–Kier alpha value is -1.90. The second kappa shape index (κ2) is 11.3. The molecule has 172 valence electrons. The summed E-state index contributed by atoms with van der Waals surface area (Å²) in [5.74, 6) is 7.56. The van der Waals surface area contributed by atoms with Crippen molar-refractivity contribution in [1.82, 2.24) is 0 Å². The third kappa shape index (κ3) is 6.11. The second-order valence-corrected chi connectivity index (χ2v) is 11.2. The van der Waals surface area contributed by atoms with Crippen molar-refractivity contribution in [2.45, 2.75) is 82.4 Å². The number of hydrogen-bond acceptors (Lipinski definition) is 4. The summed E-state index contributed by atoms with van der Waals surface area (Å²) in [5, 5.41) is 9.43. The lowest BCUT2D eigenvalue weighted by atomic mass is 9.79. The van der Waals surface area contributed by atoms with Crippen molar-refractivity contribution in [1.29, 1.82) is 0 Å². The van der Waals surface area contributed by atoms with Gasteiger partial charge in [0.25, 0.3) is 0 Å². The number of benzene rings is 1. The molecule has 0 radical (unpaired) electrons. The Morgan fingerprint density at radius 3 is 2.75 bits per heavy atom. The van der Waals surface area contributed by atoms with E-state index in [4.69, 9.17) is 4.74 Å². The summed E-state index contributed by atoms with van der Waals surface area (Å²) in [4.78, 5) is 14.4. The predicted molar refractivity (Wildman–Crippen MR) is 135 cm³/mol. The molecule has 1 unspecified atom stereocenters. The second-order valence-electron chi connectivity index (χ2n) is 8.99. The fourth-order valence-corrected chi connectivity index (χ4v) is 5.98. The minimum atomic E-state index is -0.771. The first-order valence-corrected chi connectivity index (χ1v) is 13.4. The summed E-state index contributed by atoms with van der Waals surface area (Å²) < 4.78 is 6.01. The number of carboxylic acids is 1. The predicted octanol–water partition coefficient (Wildman–Crippen LogP) is 7.46. The van der Waals surface area contributed by atoms with Crippen molar-refractivity contribution in [2.24, 2.45) is 0 Å². The third-order valence-electron chi connectivity index (χ3n) is 6.05. The highest BCUT2D eigenvalue weighted by Gasteiger charge is 2.29. The molecule has 0 saturated carbocycles. The number of ether oxygens (including phenoxy) is 1. The topological polar surface area (TPSA) is 46.5 Å². The molecule has 0 amide bonds. The maximum Gasteiger partial charge on any atom is 0.311 e. The smallest absolute Gasteiger partial charge is 0.311 e. The van der Waals surface area contributed by atoms with E-state index in [0.29, 0.717) is 6.42 Å². The van der Waals surface area contributed by atoms with Gasteiger partial charge in [-0.05, 0) is 54.7 Å². The Labute approximate surface area is 201 Å². The number of rotatable bonds is 9. The van der Waals surface area contributed by atoms with E-state index in [1.54, 1.807) is 0 Å². The molecule has 5 heteroatoms. The minimum absolute atomic E-state index is 0.0697. The molecule has 0 aliphatic carbocycles. The molecule has 1 aliphatic rings. The van der Waals surface area contributed by atoms with Gasteiger partial charge in [0.05, 0.1) is 17.4 Å². The van der Waals surface area contributed by atoms with Crippen molar-refractivity contribution in [3.8, 4) is 17.6 Å². The fraction of sp³-hybridized carbons (Fsp3) is 0.519. The van der Waals surface area contributed by atoms with Crippen LogP contribution in [0.2, 0.25) is 0 Å². The van der Waals surface area contributed by atoms with Crippen LogP contribution in [-0.2, 0) is 10.2 Å². The van der Waals surface area contributed by atoms with Crippen LogP contribution in [0, 0.1) is 11.8 Å².